The van der Waals surface area contributed by atoms with Crippen LogP contribution < -0.4 is 0 Å². The molecule has 0 amide bonds. The summed E-state index contributed by atoms with van der Waals surface area (Å²) in [7, 11) is 0. The van der Waals surface area contributed by atoms with E-state index in [1.165, 1.54) is 19.3 Å². The molecule has 0 heterocycles. The number of carbonyl (C=O) groups is 1. The highest BCUT2D eigenvalue weighted by Gasteiger charge is 2.44. The number of hydrogen-bond donors (Lipinski definition) is 0. The average molecular weight is 156 g/mol. The Balaban J connectivity index is 2.09. The Morgan fingerprint density at radius 2 is 2.18 bits per heavy atom. The van der Waals surface area contributed by atoms with Crippen molar-refractivity contribution in [1.82, 2.24) is 0 Å². The van der Waals surface area contributed by atoms with Gasteiger partial charge in [0.1, 0.15) is 5.60 Å². The van der Waals surface area contributed by atoms with Crippen LogP contribution in [0.2, 0.25) is 0 Å². The molecule has 0 saturated heterocycles. The van der Waals surface area contributed by atoms with Gasteiger partial charge in [-0.05, 0) is 25.7 Å². The Kier molecular flexibility index (Phi) is 2.92. The molecule has 0 aliphatic heterocycles. The van der Waals surface area contributed by atoms with E-state index in [2.05, 4.69) is 6.92 Å². The smallest absolute Gasteiger partial charge is 0.293 e. The molecule has 0 atom stereocenters. The Morgan fingerprint density at radius 1 is 1.45 bits per heavy atom. The first kappa shape index (κ1) is 8.57. The molecule has 2 heteroatoms. The molecule has 0 aromatic carbocycles. The van der Waals surface area contributed by atoms with Crippen LogP contribution in [0, 0.1) is 0 Å². The molecule has 0 spiro atoms. The number of unbranched alkanes of at least 4 members (excludes halogenated alkanes) is 2. The van der Waals surface area contributed by atoms with Gasteiger partial charge in [-0.1, -0.05) is 19.8 Å². The van der Waals surface area contributed by atoms with Gasteiger partial charge >= 0.3 is 0 Å². The molecule has 0 aromatic rings. The molecular weight excluding hydrogens is 140 g/mol. The zero-order valence-electron chi connectivity index (χ0n) is 7.14. The lowest BCUT2D eigenvalue weighted by Crippen LogP contribution is -2.12. The molecule has 1 saturated carbocycles. The van der Waals surface area contributed by atoms with Crippen molar-refractivity contribution in [3.8, 4) is 0 Å². The van der Waals surface area contributed by atoms with E-state index >= 15 is 0 Å². The minimum Gasteiger partial charge on any atom is -0.461 e. The van der Waals surface area contributed by atoms with Gasteiger partial charge in [0.25, 0.3) is 6.47 Å². The quantitative estimate of drug-likeness (QED) is 0.435. The number of rotatable bonds is 6. The van der Waals surface area contributed by atoms with Crippen LogP contribution in [0.15, 0.2) is 0 Å². The summed E-state index contributed by atoms with van der Waals surface area (Å²) in [5.74, 6) is 0. The van der Waals surface area contributed by atoms with Crippen LogP contribution in [0.4, 0.5) is 0 Å². The van der Waals surface area contributed by atoms with Gasteiger partial charge in [0.2, 0.25) is 0 Å². The Bertz CT molecular complexity index is 128. The Morgan fingerprint density at radius 3 is 2.64 bits per heavy atom. The van der Waals surface area contributed by atoms with Crippen LogP contribution in [-0.4, -0.2) is 12.1 Å². The molecule has 0 radical (unpaired) electrons. The topological polar surface area (TPSA) is 26.3 Å². The van der Waals surface area contributed by atoms with E-state index in [-0.39, 0.29) is 5.60 Å². The fraction of sp³-hybridized carbons (Fsp3) is 0.889. The van der Waals surface area contributed by atoms with Crippen LogP contribution in [0.5, 0.6) is 0 Å². The van der Waals surface area contributed by atoms with E-state index < -0.39 is 0 Å². The molecule has 0 N–H and O–H groups in total. The summed E-state index contributed by atoms with van der Waals surface area (Å²) in [5.41, 5.74) is -0.0169. The predicted molar refractivity (Wildman–Crippen MR) is 43.3 cm³/mol. The van der Waals surface area contributed by atoms with Crippen LogP contribution in [0.3, 0.4) is 0 Å². The summed E-state index contributed by atoms with van der Waals surface area (Å²) in [6, 6.07) is 0. The van der Waals surface area contributed by atoms with Gasteiger partial charge in [-0.25, -0.2) is 0 Å². The standard InChI is InChI=1S/C9H16O2/c1-2-3-4-5-9(6-7-9)11-8-10/h8H,2-7H2,1H3. The fourth-order valence-electron chi connectivity index (χ4n) is 1.37. The van der Waals surface area contributed by atoms with Crippen molar-refractivity contribution in [3.05, 3.63) is 0 Å². The van der Waals surface area contributed by atoms with Crippen molar-refractivity contribution in [3.63, 3.8) is 0 Å². The molecule has 1 rings (SSSR count). The van der Waals surface area contributed by atoms with Crippen molar-refractivity contribution in [2.24, 2.45) is 0 Å². The van der Waals surface area contributed by atoms with E-state index in [4.69, 9.17) is 4.74 Å². The first-order chi connectivity index (χ1) is 5.33. The molecule has 1 aliphatic rings. The lowest BCUT2D eigenvalue weighted by molar-refractivity contribution is -0.135. The summed E-state index contributed by atoms with van der Waals surface area (Å²) in [6.07, 6.45) is 6.91. The molecule has 64 valence electrons. The van der Waals surface area contributed by atoms with Gasteiger partial charge in [0, 0.05) is 0 Å². The highest BCUT2D eigenvalue weighted by molar-refractivity contribution is 5.39. The predicted octanol–water partition coefficient (Wildman–Crippen LogP) is 2.27. The average Bonchev–Trinajstić information content (AvgIpc) is 2.71. The van der Waals surface area contributed by atoms with Crippen molar-refractivity contribution in [2.75, 3.05) is 0 Å². The first-order valence-electron chi connectivity index (χ1n) is 4.44. The number of carbonyl (C=O) groups excluding carboxylic acids is 1. The molecule has 1 fully saturated rings. The van der Waals surface area contributed by atoms with Crippen LogP contribution in [0.25, 0.3) is 0 Å². The molecule has 2 nitrogen and oxygen atoms in total. The summed E-state index contributed by atoms with van der Waals surface area (Å²) in [5, 5.41) is 0. The second-order valence-corrected chi connectivity index (χ2v) is 3.35. The van der Waals surface area contributed by atoms with Gasteiger partial charge in [-0.2, -0.15) is 0 Å². The zero-order chi connectivity index (χ0) is 8.16. The third-order valence-electron chi connectivity index (χ3n) is 2.34. The van der Waals surface area contributed by atoms with Gasteiger partial charge in [-0.15, -0.1) is 0 Å². The minimum absolute atomic E-state index is 0.0169. The van der Waals surface area contributed by atoms with Gasteiger partial charge in [0.05, 0.1) is 0 Å². The lowest BCUT2D eigenvalue weighted by Gasteiger charge is -2.11. The Labute approximate surface area is 67.9 Å². The van der Waals surface area contributed by atoms with Crippen molar-refractivity contribution >= 4 is 6.47 Å². The monoisotopic (exact) mass is 156 g/mol. The van der Waals surface area contributed by atoms with Crippen LogP contribution in [0.1, 0.15) is 45.4 Å². The number of ether oxygens (including phenoxy) is 1. The second-order valence-electron chi connectivity index (χ2n) is 3.35. The summed E-state index contributed by atoms with van der Waals surface area (Å²) < 4.78 is 5.01. The largest absolute Gasteiger partial charge is 0.461 e. The van der Waals surface area contributed by atoms with Crippen molar-refractivity contribution in [1.29, 1.82) is 0 Å². The molecule has 0 bridgehead atoms. The maximum Gasteiger partial charge on any atom is 0.293 e. The fourth-order valence-corrected chi connectivity index (χ4v) is 1.37. The highest BCUT2D eigenvalue weighted by atomic mass is 16.5. The van der Waals surface area contributed by atoms with Gasteiger partial charge in [0.15, 0.2) is 0 Å². The molecule has 1 aliphatic carbocycles. The van der Waals surface area contributed by atoms with E-state index in [9.17, 15) is 4.79 Å². The molecule has 11 heavy (non-hydrogen) atoms. The summed E-state index contributed by atoms with van der Waals surface area (Å²) >= 11 is 0. The van der Waals surface area contributed by atoms with Gasteiger partial charge in [-0.3, -0.25) is 4.79 Å². The van der Waals surface area contributed by atoms with E-state index in [1.54, 1.807) is 0 Å². The number of hydrogen-bond acceptors (Lipinski definition) is 2. The third-order valence-corrected chi connectivity index (χ3v) is 2.34. The lowest BCUT2D eigenvalue weighted by atomic mass is 10.1. The zero-order valence-corrected chi connectivity index (χ0v) is 7.14. The Hall–Kier alpha value is -0.530. The van der Waals surface area contributed by atoms with Crippen LogP contribution >= 0.6 is 0 Å². The SMILES string of the molecule is CCCCCC1(OC=O)CC1. The second kappa shape index (κ2) is 3.74. The minimum atomic E-state index is -0.0169. The van der Waals surface area contributed by atoms with Crippen LogP contribution in [-0.2, 0) is 9.53 Å². The van der Waals surface area contributed by atoms with E-state index in [0.717, 1.165) is 19.3 Å². The van der Waals surface area contributed by atoms with Crippen molar-refractivity contribution < 1.29 is 9.53 Å². The van der Waals surface area contributed by atoms with E-state index in [1.807, 2.05) is 0 Å². The maximum absolute atomic E-state index is 10.1. The highest BCUT2D eigenvalue weighted by Crippen LogP contribution is 2.43. The summed E-state index contributed by atoms with van der Waals surface area (Å²) in [6.45, 7) is 2.78. The summed E-state index contributed by atoms with van der Waals surface area (Å²) in [4.78, 5) is 10.1. The maximum atomic E-state index is 10.1. The third kappa shape index (κ3) is 2.52. The van der Waals surface area contributed by atoms with Gasteiger partial charge < -0.3 is 4.74 Å². The first-order valence-corrected chi connectivity index (χ1v) is 4.44. The normalized spacial score (nSPS) is 19.4. The molecular formula is C9H16O2. The van der Waals surface area contributed by atoms with E-state index in [0.29, 0.717) is 6.47 Å². The van der Waals surface area contributed by atoms with Crippen molar-refractivity contribution in [2.45, 2.75) is 51.0 Å². The molecule has 0 aromatic heterocycles. The molecule has 0 unspecified atom stereocenters.